The zero-order chi connectivity index (χ0) is 21.0. The van der Waals surface area contributed by atoms with Crippen molar-refractivity contribution in [3.63, 3.8) is 0 Å². The maximum atomic E-state index is 12.9. The highest BCUT2D eigenvalue weighted by Gasteiger charge is 2.26. The Hall–Kier alpha value is -2.05. The van der Waals surface area contributed by atoms with Crippen molar-refractivity contribution in [1.29, 1.82) is 0 Å². The van der Waals surface area contributed by atoms with Crippen molar-refractivity contribution in [2.75, 3.05) is 12.4 Å². The lowest BCUT2D eigenvalue weighted by Crippen LogP contribution is -2.35. The van der Waals surface area contributed by atoms with Crippen LogP contribution < -0.4 is 10.1 Å². The van der Waals surface area contributed by atoms with E-state index in [1.165, 1.54) is 0 Å². The van der Waals surface area contributed by atoms with Gasteiger partial charge in [-0.1, -0.05) is 31.5 Å². The molecule has 2 aromatic rings. The maximum Gasteiger partial charge on any atom is 0.255 e. The average molecular weight is 436 g/mol. The normalized spacial score (nSPS) is 15.8. The Kier molecular flexibility index (Phi) is 6.85. The van der Waals surface area contributed by atoms with Gasteiger partial charge in [-0.05, 0) is 67.1 Å². The number of amides is 1. The third-order valence-corrected chi connectivity index (χ3v) is 7.08. The molecule has 0 fully saturated rings. The molecule has 7 heteroatoms. The van der Waals surface area contributed by atoms with Crippen LogP contribution in [0.25, 0.3) is 0 Å². The van der Waals surface area contributed by atoms with Crippen LogP contribution in [0.4, 0.5) is 0 Å². The standard InChI is InChI=1S/C22H26ClNO4S/c1-3-9-28-21-8-6-17(23)14-20(21)22(25)24-18-11-15-5-7-19(13-16(15)12-18)29(26,27)10-4-2/h5-8,13-14,18H,3-4,9-12H2,1-2H3,(H,24,25). The molecule has 5 nitrogen and oxygen atoms in total. The van der Waals surface area contributed by atoms with Crippen molar-refractivity contribution in [3.05, 3.63) is 58.1 Å². The van der Waals surface area contributed by atoms with E-state index in [0.717, 1.165) is 17.5 Å². The zero-order valence-corrected chi connectivity index (χ0v) is 18.3. The van der Waals surface area contributed by atoms with Gasteiger partial charge in [0.1, 0.15) is 5.75 Å². The molecule has 0 aromatic heterocycles. The molecule has 3 rings (SSSR count). The summed E-state index contributed by atoms with van der Waals surface area (Å²) in [5.74, 6) is 0.411. The fraction of sp³-hybridized carbons (Fsp3) is 0.409. The van der Waals surface area contributed by atoms with Gasteiger partial charge in [0.15, 0.2) is 9.84 Å². The number of benzene rings is 2. The van der Waals surface area contributed by atoms with Crippen molar-refractivity contribution in [2.24, 2.45) is 0 Å². The smallest absolute Gasteiger partial charge is 0.255 e. The predicted octanol–water partition coefficient (Wildman–Crippen LogP) is 4.21. The summed E-state index contributed by atoms with van der Waals surface area (Å²) in [5, 5.41) is 3.51. The summed E-state index contributed by atoms with van der Waals surface area (Å²) in [6.45, 7) is 4.37. The fourth-order valence-electron chi connectivity index (χ4n) is 3.56. The summed E-state index contributed by atoms with van der Waals surface area (Å²) in [5.41, 5.74) is 2.45. The van der Waals surface area contributed by atoms with Crippen LogP contribution in [0, 0.1) is 0 Å². The van der Waals surface area contributed by atoms with Crippen LogP contribution in [0.1, 0.15) is 48.2 Å². The highest BCUT2D eigenvalue weighted by atomic mass is 35.5. The molecule has 2 aromatic carbocycles. The maximum absolute atomic E-state index is 12.9. The van der Waals surface area contributed by atoms with Gasteiger partial charge in [-0.25, -0.2) is 8.42 Å². The first-order chi connectivity index (χ1) is 13.8. The van der Waals surface area contributed by atoms with Crippen LogP contribution in [0.3, 0.4) is 0 Å². The Balaban J connectivity index is 1.74. The molecule has 1 N–H and O–H groups in total. The molecule has 1 amide bonds. The van der Waals surface area contributed by atoms with E-state index < -0.39 is 9.84 Å². The Bertz CT molecular complexity index is 1000. The van der Waals surface area contributed by atoms with E-state index in [0.29, 0.717) is 47.1 Å². The minimum atomic E-state index is -3.25. The minimum Gasteiger partial charge on any atom is -0.493 e. The van der Waals surface area contributed by atoms with E-state index in [1.807, 2.05) is 19.9 Å². The van der Waals surface area contributed by atoms with Crippen LogP contribution in [0.5, 0.6) is 5.75 Å². The minimum absolute atomic E-state index is 0.0976. The van der Waals surface area contributed by atoms with Crippen molar-refractivity contribution >= 4 is 27.3 Å². The van der Waals surface area contributed by atoms with E-state index in [9.17, 15) is 13.2 Å². The van der Waals surface area contributed by atoms with E-state index >= 15 is 0 Å². The molecule has 0 aliphatic heterocycles. The number of carbonyl (C=O) groups excluding carboxylic acids is 1. The molecule has 0 radical (unpaired) electrons. The molecule has 1 atom stereocenters. The number of rotatable bonds is 8. The summed E-state index contributed by atoms with van der Waals surface area (Å²) < 4.78 is 30.4. The second-order valence-corrected chi connectivity index (χ2v) is 9.86. The number of halogens is 1. The van der Waals surface area contributed by atoms with Gasteiger partial charge in [0.2, 0.25) is 0 Å². The molecule has 1 aliphatic rings. The van der Waals surface area contributed by atoms with Gasteiger partial charge in [0.25, 0.3) is 5.91 Å². The van der Waals surface area contributed by atoms with E-state index in [4.69, 9.17) is 16.3 Å². The largest absolute Gasteiger partial charge is 0.493 e. The third-order valence-electron chi connectivity index (χ3n) is 4.93. The molecule has 0 saturated heterocycles. The number of hydrogen-bond acceptors (Lipinski definition) is 4. The first kappa shape index (κ1) is 21.7. The number of fused-ring (bicyclic) bond motifs is 1. The molecule has 0 spiro atoms. The van der Waals surface area contributed by atoms with Gasteiger partial charge >= 0.3 is 0 Å². The van der Waals surface area contributed by atoms with Gasteiger partial charge in [-0.2, -0.15) is 0 Å². The molecule has 0 saturated carbocycles. The van der Waals surface area contributed by atoms with E-state index in [-0.39, 0.29) is 17.7 Å². The lowest BCUT2D eigenvalue weighted by atomic mass is 10.1. The Morgan fingerprint density at radius 1 is 1.10 bits per heavy atom. The van der Waals surface area contributed by atoms with Crippen molar-refractivity contribution in [1.82, 2.24) is 5.32 Å². The highest BCUT2D eigenvalue weighted by Crippen LogP contribution is 2.28. The Labute approximate surface area is 177 Å². The van der Waals surface area contributed by atoms with Crippen LogP contribution in [-0.4, -0.2) is 32.7 Å². The molecular formula is C22H26ClNO4S. The second kappa shape index (κ2) is 9.18. The Morgan fingerprint density at radius 2 is 1.86 bits per heavy atom. The summed E-state index contributed by atoms with van der Waals surface area (Å²) in [7, 11) is -3.25. The lowest BCUT2D eigenvalue weighted by Gasteiger charge is -2.15. The van der Waals surface area contributed by atoms with Crippen molar-refractivity contribution < 1.29 is 17.9 Å². The first-order valence-electron chi connectivity index (χ1n) is 9.91. The third kappa shape index (κ3) is 5.11. The highest BCUT2D eigenvalue weighted by molar-refractivity contribution is 7.91. The van der Waals surface area contributed by atoms with Crippen molar-refractivity contribution in [2.45, 2.75) is 50.5 Å². The predicted molar refractivity (Wildman–Crippen MR) is 115 cm³/mol. The van der Waals surface area contributed by atoms with Gasteiger partial charge in [-0.15, -0.1) is 0 Å². The van der Waals surface area contributed by atoms with E-state index in [2.05, 4.69) is 5.32 Å². The average Bonchev–Trinajstić information content (AvgIpc) is 3.08. The molecule has 0 heterocycles. The fourth-order valence-corrected chi connectivity index (χ4v) is 5.10. The summed E-state index contributed by atoms with van der Waals surface area (Å²) in [4.78, 5) is 13.2. The summed E-state index contributed by atoms with van der Waals surface area (Å²) >= 11 is 6.08. The molecular weight excluding hydrogens is 410 g/mol. The summed E-state index contributed by atoms with van der Waals surface area (Å²) in [6.07, 6.45) is 2.69. The Morgan fingerprint density at radius 3 is 2.59 bits per heavy atom. The van der Waals surface area contributed by atoms with Crippen LogP contribution in [-0.2, 0) is 22.7 Å². The number of ether oxygens (including phenoxy) is 1. The number of hydrogen-bond donors (Lipinski definition) is 1. The number of carbonyl (C=O) groups is 1. The monoisotopic (exact) mass is 435 g/mol. The summed E-state index contributed by atoms with van der Waals surface area (Å²) in [6, 6.07) is 10.2. The van der Waals surface area contributed by atoms with Gasteiger partial charge in [0.05, 0.1) is 22.8 Å². The van der Waals surface area contributed by atoms with Crippen molar-refractivity contribution in [3.8, 4) is 5.75 Å². The van der Waals surface area contributed by atoms with Crippen LogP contribution in [0.2, 0.25) is 5.02 Å². The molecule has 0 bridgehead atoms. The molecule has 29 heavy (non-hydrogen) atoms. The SMILES string of the molecule is CCCOc1ccc(Cl)cc1C(=O)NC1Cc2ccc(S(=O)(=O)CCC)cc2C1. The quantitative estimate of drug-likeness (QED) is 0.674. The van der Waals surface area contributed by atoms with Gasteiger partial charge < -0.3 is 10.1 Å². The molecule has 156 valence electrons. The number of sulfone groups is 1. The first-order valence-corrected chi connectivity index (χ1v) is 11.9. The van der Waals surface area contributed by atoms with Gasteiger partial charge in [-0.3, -0.25) is 4.79 Å². The second-order valence-electron chi connectivity index (χ2n) is 7.32. The molecule has 1 aliphatic carbocycles. The molecule has 1 unspecified atom stereocenters. The van der Waals surface area contributed by atoms with Gasteiger partial charge in [0, 0.05) is 11.1 Å². The lowest BCUT2D eigenvalue weighted by molar-refractivity contribution is 0.0934. The van der Waals surface area contributed by atoms with Crippen LogP contribution in [0.15, 0.2) is 41.3 Å². The number of nitrogens with one attached hydrogen (secondary N) is 1. The van der Waals surface area contributed by atoms with Crippen LogP contribution >= 0.6 is 11.6 Å². The zero-order valence-electron chi connectivity index (χ0n) is 16.7. The topological polar surface area (TPSA) is 72.5 Å². The van der Waals surface area contributed by atoms with E-state index in [1.54, 1.807) is 30.3 Å².